The van der Waals surface area contributed by atoms with Crippen LogP contribution in [0.5, 0.6) is 0 Å². The third-order valence-electron chi connectivity index (χ3n) is 5.76. The van der Waals surface area contributed by atoms with Gasteiger partial charge in [-0.3, -0.25) is 0 Å². The van der Waals surface area contributed by atoms with Crippen LogP contribution < -0.4 is 5.32 Å². The Bertz CT molecular complexity index is 439. The fourth-order valence-electron chi connectivity index (χ4n) is 4.27. The third-order valence-corrected chi connectivity index (χ3v) is 5.76. The molecule has 2 saturated carbocycles. The topological polar surface area (TPSA) is 12.0 Å². The summed E-state index contributed by atoms with van der Waals surface area (Å²) in [5, 5.41) is 3.93. The van der Waals surface area contributed by atoms with Crippen LogP contribution in [0.2, 0.25) is 0 Å². The number of rotatable bonds is 4. The van der Waals surface area contributed by atoms with E-state index in [0.717, 1.165) is 17.9 Å². The zero-order chi connectivity index (χ0) is 14.7. The van der Waals surface area contributed by atoms with Gasteiger partial charge >= 0.3 is 0 Å². The average molecular weight is 285 g/mol. The highest BCUT2D eigenvalue weighted by Gasteiger charge is 2.32. The summed E-state index contributed by atoms with van der Waals surface area (Å²) in [6.07, 6.45) is 11.4. The van der Waals surface area contributed by atoms with Crippen molar-refractivity contribution in [3.63, 3.8) is 0 Å². The summed E-state index contributed by atoms with van der Waals surface area (Å²) >= 11 is 0. The summed E-state index contributed by atoms with van der Waals surface area (Å²) in [5.74, 6) is 1.72. The van der Waals surface area contributed by atoms with E-state index in [9.17, 15) is 0 Å². The molecule has 21 heavy (non-hydrogen) atoms. The van der Waals surface area contributed by atoms with Gasteiger partial charge in [0.2, 0.25) is 0 Å². The van der Waals surface area contributed by atoms with Crippen molar-refractivity contribution >= 4 is 0 Å². The molecule has 0 aromatic heterocycles. The lowest BCUT2D eigenvalue weighted by atomic mass is 9.75. The second-order valence-corrected chi connectivity index (χ2v) is 7.49. The smallest absolute Gasteiger partial charge is 0.00813 e. The van der Waals surface area contributed by atoms with Crippen molar-refractivity contribution in [3.8, 4) is 0 Å². The maximum absolute atomic E-state index is 3.93. The predicted octanol–water partition coefficient (Wildman–Crippen LogP) is 5.19. The van der Waals surface area contributed by atoms with Gasteiger partial charge in [-0.05, 0) is 56.9 Å². The third kappa shape index (κ3) is 3.88. The van der Waals surface area contributed by atoms with Gasteiger partial charge in [0.05, 0.1) is 0 Å². The minimum atomic E-state index is 0.714. The number of nitrogens with one attached hydrogen (secondary N) is 1. The summed E-state index contributed by atoms with van der Waals surface area (Å²) in [6, 6.07) is 10.6. The first-order valence-corrected chi connectivity index (χ1v) is 9.05. The molecule has 1 aromatic carbocycles. The SMILES string of the molecule is Cc1cccc(C2CC(N[C@H](C)C3CCCCCC3)C2)c1. The minimum absolute atomic E-state index is 0.714. The summed E-state index contributed by atoms with van der Waals surface area (Å²) in [4.78, 5) is 0. The van der Waals surface area contributed by atoms with E-state index < -0.39 is 0 Å². The van der Waals surface area contributed by atoms with E-state index in [-0.39, 0.29) is 0 Å². The van der Waals surface area contributed by atoms with Crippen molar-refractivity contribution in [1.82, 2.24) is 5.32 Å². The van der Waals surface area contributed by atoms with E-state index in [1.807, 2.05) is 0 Å². The van der Waals surface area contributed by atoms with Gasteiger partial charge in [0.25, 0.3) is 0 Å². The molecule has 2 aliphatic carbocycles. The lowest BCUT2D eigenvalue weighted by Gasteiger charge is -2.40. The van der Waals surface area contributed by atoms with Gasteiger partial charge in [0, 0.05) is 12.1 Å². The van der Waals surface area contributed by atoms with E-state index in [1.165, 1.54) is 56.9 Å². The molecular weight excluding hydrogens is 254 g/mol. The zero-order valence-corrected chi connectivity index (χ0v) is 13.8. The molecule has 1 heteroatoms. The summed E-state index contributed by atoms with van der Waals surface area (Å²) < 4.78 is 0. The van der Waals surface area contributed by atoms with Crippen LogP contribution in [0.25, 0.3) is 0 Å². The molecule has 2 aliphatic rings. The van der Waals surface area contributed by atoms with E-state index in [0.29, 0.717) is 6.04 Å². The lowest BCUT2D eigenvalue weighted by molar-refractivity contribution is 0.228. The van der Waals surface area contributed by atoms with E-state index in [4.69, 9.17) is 0 Å². The quantitative estimate of drug-likeness (QED) is 0.751. The van der Waals surface area contributed by atoms with Crippen molar-refractivity contribution in [2.24, 2.45) is 5.92 Å². The molecule has 0 saturated heterocycles. The highest BCUT2D eigenvalue weighted by Crippen LogP contribution is 2.38. The van der Waals surface area contributed by atoms with Crippen LogP contribution in [0.1, 0.15) is 75.3 Å². The van der Waals surface area contributed by atoms with Gasteiger partial charge in [-0.1, -0.05) is 55.5 Å². The number of benzene rings is 1. The number of hydrogen-bond donors (Lipinski definition) is 1. The van der Waals surface area contributed by atoms with Gasteiger partial charge < -0.3 is 5.32 Å². The second-order valence-electron chi connectivity index (χ2n) is 7.49. The van der Waals surface area contributed by atoms with Crippen molar-refractivity contribution in [2.75, 3.05) is 0 Å². The van der Waals surface area contributed by atoms with Gasteiger partial charge in [-0.15, -0.1) is 0 Å². The predicted molar refractivity (Wildman–Crippen MR) is 90.7 cm³/mol. The van der Waals surface area contributed by atoms with E-state index in [1.54, 1.807) is 5.56 Å². The molecule has 0 aliphatic heterocycles. The molecule has 0 radical (unpaired) electrons. The lowest BCUT2D eigenvalue weighted by Crippen LogP contribution is -2.47. The van der Waals surface area contributed by atoms with Crippen molar-refractivity contribution in [2.45, 2.75) is 83.2 Å². The van der Waals surface area contributed by atoms with Crippen LogP contribution in [-0.2, 0) is 0 Å². The van der Waals surface area contributed by atoms with Gasteiger partial charge in [-0.2, -0.15) is 0 Å². The van der Waals surface area contributed by atoms with E-state index in [2.05, 4.69) is 43.4 Å². The summed E-state index contributed by atoms with van der Waals surface area (Å²) in [5.41, 5.74) is 2.95. The molecule has 0 unspecified atom stereocenters. The molecule has 1 nitrogen and oxygen atoms in total. The Morgan fingerprint density at radius 3 is 2.43 bits per heavy atom. The Hall–Kier alpha value is -0.820. The zero-order valence-electron chi connectivity index (χ0n) is 13.8. The van der Waals surface area contributed by atoms with Crippen molar-refractivity contribution in [1.29, 1.82) is 0 Å². The van der Waals surface area contributed by atoms with Gasteiger partial charge in [0.1, 0.15) is 0 Å². The fraction of sp³-hybridized carbons (Fsp3) is 0.700. The highest BCUT2D eigenvalue weighted by atomic mass is 15.0. The molecule has 0 spiro atoms. The highest BCUT2D eigenvalue weighted by molar-refractivity contribution is 5.27. The first-order valence-electron chi connectivity index (χ1n) is 9.05. The van der Waals surface area contributed by atoms with Gasteiger partial charge in [0.15, 0.2) is 0 Å². The largest absolute Gasteiger partial charge is 0.311 e. The number of aryl methyl sites for hydroxylation is 1. The standard InChI is InChI=1S/C20H31N/c1-15-8-7-11-18(12-15)19-13-20(14-19)21-16(2)17-9-5-3-4-6-10-17/h7-8,11-12,16-17,19-21H,3-6,9-10,13-14H2,1-2H3/t16-,19?,20?/m1/s1. The molecular formula is C20H31N. The Kier molecular flexibility index (Phi) is 5.00. The molecule has 1 N–H and O–H groups in total. The van der Waals surface area contributed by atoms with Crippen LogP contribution in [0.3, 0.4) is 0 Å². The molecule has 2 fully saturated rings. The Morgan fingerprint density at radius 2 is 1.76 bits per heavy atom. The maximum Gasteiger partial charge on any atom is 0.00813 e. The maximum atomic E-state index is 3.93. The van der Waals surface area contributed by atoms with E-state index >= 15 is 0 Å². The van der Waals surface area contributed by atoms with Crippen LogP contribution in [0.15, 0.2) is 24.3 Å². The summed E-state index contributed by atoms with van der Waals surface area (Å²) in [7, 11) is 0. The van der Waals surface area contributed by atoms with Crippen LogP contribution in [0, 0.1) is 12.8 Å². The first-order chi connectivity index (χ1) is 10.2. The minimum Gasteiger partial charge on any atom is -0.311 e. The monoisotopic (exact) mass is 285 g/mol. The number of hydrogen-bond acceptors (Lipinski definition) is 1. The molecule has 0 heterocycles. The van der Waals surface area contributed by atoms with Crippen LogP contribution in [0.4, 0.5) is 0 Å². The fourth-order valence-corrected chi connectivity index (χ4v) is 4.27. The normalized spacial score (nSPS) is 28.7. The summed E-state index contributed by atoms with van der Waals surface area (Å²) in [6.45, 7) is 4.63. The Labute approximate surface area is 130 Å². The molecule has 0 bridgehead atoms. The van der Waals surface area contributed by atoms with Crippen molar-refractivity contribution in [3.05, 3.63) is 35.4 Å². The molecule has 1 atom stereocenters. The van der Waals surface area contributed by atoms with Crippen LogP contribution >= 0.6 is 0 Å². The average Bonchev–Trinajstić information content (AvgIpc) is 2.71. The Morgan fingerprint density at radius 1 is 1.05 bits per heavy atom. The van der Waals surface area contributed by atoms with Gasteiger partial charge in [-0.25, -0.2) is 0 Å². The molecule has 3 rings (SSSR count). The molecule has 0 amide bonds. The van der Waals surface area contributed by atoms with Crippen LogP contribution in [-0.4, -0.2) is 12.1 Å². The first kappa shape index (κ1) is 15.1. The second kappa shape index (κ2) is 6.96. The Balaban J connectivity index is 1.45. The van der Waals surface area contributed by atoms with Crippen molar-refractivity contribution < 1.29 is 0 Å². The molecule has 116 valence electrons. The molecule has 1 aromatic rings.